The number of carbonyl (C=O) groups is 2. The molecule has 0 aliphatic carbocycles. The molecule has 3 rings (SSSR count). The number of carbonyl (C=O) groups excluding carboxylic acids is 2. The first-order valence-electron chi connectivity index (χ1n) is 6.51. The van der Waals surface area contributed by atoms with Crippen LogP contribution in [0.3, 0.4) is 0 Å². The van der Waals surface area contributed by atoms with E-state index >= 15 is 0 Å². The van der Waals surface area contributed by atoms with Crippen molar-refractivity contribution in [3.63, 3.8) is 0 Å². The molecule has 0 saturated carbocycles. The van der Waals surface area contributed by atoms with Gasteiger partial charge in [0.25, 0.3) is 11.8 Å². The van der Waals surface area contributed by atoms with Crippen LogP contribution in [0.15, 0.2) is 29.0 Å². The smallest absolute Gasteiger partial charge is 0.264 e. The summed E-state index contributed by atoms with van der Waals surface area (Å²) in [5.41, 5.74) is 0.752. The van der Waals surface area contributed by atoms with Crippen LogP contribution in [0.4, 0.5) is 0 Å². The van der Waals surface area contributed by atoms with Gasteiger partial charge in [0, 0.05) is 31.6 Å². The maximum atomic E-state index is 12.3. The van der Waals surface area contributed by atoms with Gasteiger partial charge >= 0.3 is 0 Å². The van der Waals surface area contributed by atoms with E-state index < -0.39 is 0 Å². The van der Waals surface area contributed by atoms with Gasteiger partial charge in [-0.3, -0.25) is 9.59 Å². The fourth-order valence-electron chi connectivity index (χ4n) is 2.27. The molecule has 4 nitrogen and oxygen atoms in total. The minimum absolute atomic E-state index is 0.0670. The molecule has 0 unspecified atom stereocenters. The standard InChI is InChI=1S/C14H13IN2O2S2/c15-12-8-10(9-21-12)13(18)16-3-5-17(6-4-16)14(19)11-2-1-7-20-11/h1-2,7-9H,3-6H2. The first kappa shape index (κ1) is 15.0. The van der Waals surface area contributed by atoms with Crippen LogP contribution in [0.1, 0.15) is 20.0 Å². The zero-order chi connectivity index (χ0) is 14.8. The molecule has 0 aromatic carbocycles. The van der Waals surface area contributed by atoms with E-state index in [9.17, 15) is 9.59 Å². The van der Waals surface area contributed by atoms with Crippen molar-refractivity contribution < 1.29 is 9.59 Å². The summed E-state index contributed by atoms with van der Waals surface area (Å²) in [4.78, 5) is 29.0. The Hall–Kier alpha value is -0.930. The first-order valence-corrected chi connectivity index (χ1v) is 9.35. The fourth-order valence-corrected chi connectivity index (χ4v) is 4.28. The highest BCUT2D eigenvalue weighted by atomic mass is 127. The fraction of sp³-hybridized carbons (Fsp3) is 0.286. The van der Waals surface area contributed by atoms with E-state index in [1.165, 1.54) is 11.3 Å². The zero-order valence-electron chi connectivity index (χ0n) is 11.1. The number of thiophene rings is 2. The summed E-state index contributed by atoms with van der Waals surface area (Å²) < 4.78 is 1.11. The van der Waals surface area contributed by atoms with Gasteiger partial charge in [-0.2, -0.15) is 0 Å². The Morgan fingerprint density at radius 2 is 1.71 bits per heavy atom. The second kappa shape index (κ2) is 6.45. The molecule has 21 heavy (non-hydrogen) atoms. The SMILES string of the molecule is O=C(c1csc(I)c1)N1CCN(C(=O)c2cccs2)CC1. The Morgan fingerprint density at radius 3 is 2.24 bits per heavy atom. The number of piperazine rings is 1. The van der Waals surface area contributed by atoms with Crippen LogP contribution in [0.25, 0.3) is 0 Å². The minimum atomic E-state index is 0.0670. The van der Waals surface area contributed by atoms with Crippen molar-refractivity contribution in [2.45, 2.75) is 0 Å². The molecule has 110 valence electrons. The third kappa shape index (κ3) is 3.29. The van der Waals surface area contributed by atoms with Crippen LogP contribution in [0, 0.1) is 2.88 Å². The van der Waals surface area contributed by atoms with Crippen molar-refractivity contribution in [2.75, 3.05) is 26.2 Å². The van der Waals surface area contributed by atoms with E-state index in [1.54, 1.807) is 11.3 Å². The molecule has 2 amide bonds. The van der Waals surface area contributed by atoms with Crippen LogP contribution >= 0.6 is 45.3 Å². The number of rotatable bonds is 2. The number of nitrogens with zero attached hydrogens (tertiary/aromatic N) is 2. The third-order valence-corrected chi connectivity index (χ3v) is 6.05. The number of amides is 2. The molecule has 1 aliphatic rings. The van der Waals surface area contributed by atoms with Gasteiger partial charge in [-0.25, -0.2) is 0 Å². The Morgan fingerprint density at radius 1 is 1.05 bits per heavy atom. The summed E-state index contributed by atoms with van der Waals surface area (Å²) in [6.45, 7) is 2.40. The first-order chi connectivity index (χ1) is 10.1. The van der Waals surface area contributed by atoms with Crippen molar-refractivity contribution in [1.29, 1.82) is 0 Å². The second-order valence-electron chi connectivity index (χ2n) is 4.70. The highest BCUT2D eigenvalue weighted by Crippen LogP contribution is 2.19. The molecule has 7 heteroatoms. The van der Waals surface area contributed by atoms with Gasteiger partial charge in [-0.1, -0.05) is 6.07 Å². The molecular formula is C14H13IN2O2S2. The molecule has 0 radical (unpaired) electrons. The molecule has 1 fully saturated rings. The summed E-state index contributed by atoms with van der Waals surface area (Å²) in [7, 11) is 0. The van der Waals surface area contributed by atoms with E-state index in [2.05, 4.69) is 22.6 Å². The molecule has 0 N–H and O–H groups in total. The Kier molecular flexibility index (Phi) is 4.60. The van der Waals surface area contributed by atoms with Crippen molar-refractivity contribution in [3.05, 3.63) is 42.3 Å². The monoisotopic (exact) mass is 432 g/mol. The molecule has 2 aromatic heterocycles. The predicted octanol–water partition coefficient (Wildman–Crippen LogP) is 3.01. The molecule has 0 bridgehead atoms. The molecule has 1 saturated heterocycles. The topological polar surface area (TPSA) is 40.6 Å². The maximum Gasteiger partial charge on any atom is 0.264 e. The van der Waals surface area contributed by atoms with E-state index in [1.807, 2.05) is 38.8 Å². The summed E-state index contributed by atoms with van der Waals surface area (Å²) in [5.74, 6) is 0.138. The largest absolute Gasteiger partial charge is 0.335 e. The van der Waals surface area contributed by atoms with Gasteiger partial charge in [0.1, 0.15) is 0 Å². The van der Waals surface area contributed by atoms with E-state index in [4.69, 9.17) is 0 Å². The maximum absolute atomic E-state index is 12.3. The number of hydrogen-bond donors (Lipinski definition) is 0. The lowest BCUT2D eigenvalue weighted by Crippen LogP contribution is -2.50. The van der Waals surface area contributed by atoms with E-state index in [-0.39, 0.29) is 11.8 Å². The molecule has 0 spiro atoms. The Balaban J connectivity index is 1.60. The number of hydrogen-bond acceptors (Lipinski definition) is 4. The summed E-state index contributed by atoms with van der Waals surface area (Å²) in [6.07, 6.45) is 0. The predicted molar refractivity (Wildman–Crippen MR) is 93.2 cm³/mol. The van der Waals surface area contributed by atoms with Gasteiger partial charge < -0.3 is 9.80 Å². The second-order valence-corrected chi connectivity index (χ2v) is 8.45. The van der Waals surface area contributed by atoms with Crippen molar-refractivity contribution in [3.8, 4) is 0 Å². The average molecular weight is 432 g/mol. The molecular weight excluding hydrogens is 419 g/mol. The minimum Gasteiger partial charge on any atom is -0.335 e. The quantitative estimate of drug-likeness (QED) is 0.685. The lowest BCUT2D eigenvalue weighted by molar-refractivity contribution is 0.0538. The van der Waals surface area contributed by atoms with Crippen LogP contribution in [0.2, 0.25) is 0 Å². The third-order valence-electron chi connectivity index (χ3n) is 3.40. The van der Waals surface area contributed by atoms with Crippen LogP contribution in [0.5, 0.6) is 0 Å². The van der Waals surface area contributed by atoms with Crippen LogP contribution in [-0.2, 0) is 0 Å². The lowest BCUT2D eigenvalue weighted by Gasteiger charge is -2.34. The van der Waals surface area contributed by atoms with E-state index in [0.29, 0.717) is 26.2 Å². The van der Waals surface area contributed by atoms with Crippen LogP contribution in [-0.4, -0.2) is 47.8 Å². The highest BCUT2D eigenvalue weighted by molar-refractivity contribution is 14.1. The van der Waals surface area contributed by atoms with Gasteiger partial charge in [0.15, 0.2) is 0 Å². The molecule has 2 aromatic rings. The molecule has 0 atom stereocenters. The van der Waals surface area contributed by atoms with Crippen molar-refractivity contribution in [1.82, 2.24) is 9.80 Å². The molecule has 1 aliphatic heterocycles. The van der Waals surface area contributed by atoms with E-state index in [0.717, 1.165) is 13.3 Å². The van der Waals surface area contributed by atoms with Crippen molar-refractivity contribution in [2.24, 2.45) is 0 Å². The zero-order valence-corrected chi connectivity index (χ0v) is 14.9. The number of halogens is 1. The van der Waals surface area contributed by atoms with Gasteiger partial charge in [-0.15, -0.1) is 22.7 Å². The lowest BCUT2D eigenvalue weighted by atomic mass is 10.2. The van der Waals surface area contributed by atoms with Crippen molar-refractivity contribution >= 4 is 57.1 Å². The van der Waals surface area contributed by atoms with Gasteiger partial charge in [-0.05, 0) is 40.1 Å². The Bertz CT molecular complexity index is 646. The van der Waals surface area contributed by atoms with Gasteiger partial charge in [0.05, 0.1) is 13.3 Å². The van der Waals surface area contributed by atoms with Crippen LogP contribution < -0.4 is 0 Å². The Labute approximate surface area is 144 Å². The molecule has 3 heterocycles. The van der Waals surface area contributed by atoms with Gasteiger partial charge in [0.2, 0.25) is 0 Å². The highest BCUT2D eigenvalue weighted by Gasteiger charge is 2.26. The summed E-state index contributed by atoms with van der Waals surface area (Å²) in [5, 5.41) is 3.80. The summed E-state index contributed by atoms with van der Waals surface area (Å²) in [6, 6.07) is 5.64. The normalized spacial score (nSPS) is 15.3. The summed E-state index contributed by atoms with van der Waals surface area (Å²) >= 11 is 5.26. The average Bonchev–Trinajstić information content (AvgIpc) is 3.17.